The number of anilines is 1. The third-order valence-corrected chi connectivity index (χ3v) is 4.23. The van der Waals surface area contributed by atoms with Gasteiger partial charge in [0.2, 0.25) is 5.91 Å². The molecule has 1 aliphatic heterocycles. The van der Waals surface area contributed by atoms with Gasteiger partial charge in [-0.1, -0.05) is 13.8 Å². The number of rotatable bonds is 6. The zero-order chi connectivity index (χ0) is 16.8. The molecule has 0 bridgehead atoms. The van der Waals surface area contributed by atoms with Crippen molar-refractivity contribution >= 4 is 11.6 Å². The Morgan fingerprint density at radius 2 is 1.70 bits per heavy atom. The molecule has 5 nitrogen and oxygen atoms in total. The molecule has 1 aliphatic rings. The van der Waals surface area contributed by atoms with Gasteiger partial charge in [0, 0.05) is 49.9 Å². The molecule has 1 heterocycles. The van der Waals surface area contributed by atoms with E-state index < -0.39 is 0 Å². The molecule has 2 rings (SSSR count). The van der Waals surface area contributed by atoms with Gasteiger partial charge in [0.15, 0.2) is 0 Å². The molecular formula is C18H28N2O3. The minimum Gasteiger partial charge on any atom is -0.497 e. The molecular weight excluding hydrogens is 292 g/mol. The normalized spacial score (nSPS) is 21.7. The fourth-order valence-corrected chi connectivity index (χ4v) is 3.34. The van der Waals surface area contributed by atoms with E-state index in [9.17, 15) is 4.79 Å². The van der Waals surface area contributed by atoms with E-state index in [-0.39, 0.29) is 5.91 Å². The van der Waals surface area contributed by atoms with Crippen LogP contribution in [0, 0.1) is 11.8 Å². The average Bonchev–Trinajstić information content (AvgIpc) is 2.51. The van der Waals surface area contributed by atoms with Crippen molar-refractivity contribution in [2.45, 2.75) is 26.7 Å². The van der Waals surface area contributed by atoms with Crippen LogP contribution < -0.4 is 14.8 Å². The first-order chi connectivity index (χ1) is 11.0. The van der Waals surface area contributed by atoms with Crippen molar-refractivity contribution in [1.82, 2.24) is 4.90 Å². The zero-order valence-corrected chi connectivity index (χ0v) is 14.6. The molecule has 5 heteroatoms. The molecule has 1 aromatic carbocycles. The van der Waals surface area contributed by atoms with Crippen molar-refractivity contribution in [3.8, 4) is 11.5 Å². The second-order valence-corrected chi connectivity index (χ2v) is 6.61. The highest BCUT2D eigenvalue weighted by molar-refractivity contribution is 5.91. The van der Waals surface area contributed by atoms with Gasteiger partial charge in [0.1, 0.15) is 11.5 Å². The van der Waals surface area contributed by atoms with Crippen LogP contribution in [0.15, 0.2) is 18.2 Å². The Balaban J connectivity index is 1.87. The number of hydrogen-bond acceptors (Lipinski definition) is 4. The minimum absolute atomic E-state index is 0.0196. The highest BCUT2D eigenvalue weighted by Crippen LogP contribution is 2.26. The summed E-state index contributed by atoms with van der Waals surface area (Å²) in [5.74, 6) is 2.77. The second kappa shape index (κ2) is 8.20. The molecule has 1 fully saturated rings. The van der Waals surface area contributed by atoms with Crippen LogP contribution in [0.5, 0.6) is 11.5 Å². The molecule has 0 saturated carbocycles. The molecule has 1 saturated heterocycles. The van der Waals surface area contributed by atoms with Crippen LogP contribution in [-0.4, -0.2) is 44.7 Å². The number of ether oxygens (including phenoxy) is 2. The first kappa shape index (κ1) is 17.6. The fraction of sp³-hybridized carbons (Fsp3) is 0.611. The van der Waals surface area contributed by atoms with Gasteiger partial charge in [-0.25, -0.2) is 0 Å². The molecule has 2 unspecified atom stereocenters. The number of amides is 1. The highest BCUT2D eigenvalue weighted by atomic mass is 16.5. The zero-order valence-electron chi connectivity index (χ0n) is 14.6. The first-order valence-corrected chi connectivity index (χ1v) is 8.25. The van der Waals surface area contributed by atoms with Gasteiger partial charge in [-0.2, -0.15) is 0 Å². The Bertz CT molecular complexity index is 501. The number of likely N-dealkylation sites (tertiary alicyclic amines) is 1. The van der Waals surface area contributed by atoms with Crippen LogP contribution in [0.1, 0.15) is 26.7 Å². The topological polar surface area (TPSA) is 50.8 Å². The number of nitrogens with zero attached hydrogens (tertiary/aromatic N) is 1. The maximum atomic E-state index is 12.2. The summed E-state index contributed by atoms with van der Waals surface area (Å²) >= 11 is 0. The SMILES string of the molecule is COc1cc(NC(=O)CCN2CC(C)CC(C)C2)cc(OC)c1. The predicted molar refractivity (Wildman–Crippen MR) is 92.2 cm³/mol. The van der Waals surface area contributed by atoms with Crippen LogP contribution in [-0.2, 0) is 4.79 Å². The van der Waals surface area contributed by atoms with Crippen LogP contribution in [0.3, 0.4) is 0 Å². The van der Waals surface area contributed by atoms with Crippen LogP contribution in [0.4, 0.5) is 5.69 Å². The van der Waals surface area contributed by atoms with Crippen molar-refractivity contribution in [3.05, 3.63) is 18.2 Å². The van der Waals surface area contributed by atoms with E-state index in [0.717, 1.165) is 19.6 Å². The summed E-state index contributed by atoms with van der Waals surface area (Å²) in [5, 5.41) is 2.93. The molecule has 2 atom stereocenters. The Labute approximate surface area is 139 Å². The summed E-state index contributed by atoms with van der Waals surface area (Å²) in [6, 6.07) is 5.38. The van der Waals surface area contributed by atoms with Gasteiger partial charge in [-0.15, -0.1) is 0 Å². The van der Waals surface area contributed by atoms with E-state index in [1.807, 2.05) is 0 Å². The summed E-state index contributed by atoms with van der Waals surface area (Å²) in [6.45, 7) is 7.55. The summed E-state index contributed by atoms with van der Waals surface area (Å²) < 4.78 is 10.4. The number of piperidine rings is 1. The lowest BCUT2D eigenvalue weighted by Crippen LogP contribution is -2.40. The van der Waals surface area contributed by atoms with Gasteiger partial charge in [0.05, 0.1) is 14.2 Å². The molecule has 0 radical (unpaired) electrons. The number of hydrogen-bond donors (Lipinski definition) is 1. The van der Waals surface area contributed by atoms with Crippen molar-refractivity contribution in [2.75, 3.05) is 39.2 Å². The van der Waals surface area contributed by atoms with Gasteiger partial charge >= 0.3 is 0 Å². The number of nitrogens with one attached hydrogen (secondary N) is 1. The van der Waals surface area contributed by atoms with Crippen molar-refractivity contribution in [3.63, 3.8) is 0 Å². The summed E-state index contributed by atoms with van der Waals surface area (Å²) in [4.78, 5) is 14.6. The predicted octanol–water partition coefficient (Wildman–Crippen LogP) is 3.01. The molecule has 1 amide bonds. The van der Waals surface area contributed by atoms with E-state index in [1.165, 1.54) is 6.42 Å². The standard InChI is InChI=1S/C18H28N2O3/c1-13-7-14(2)12-20(11-13)6-5-18(21)19-15-8-16(22-3)10-17(9-15)23-4/h8-10,13-14H,5-7,11-12H2,1-4H3,(H,19,21). The maximum Gasteiger partial charge on any atom is 0.225 e. The Morgan fingerprint density at radius 1 is 1.13 bits per heavy atom. The van der Waals surface area contributed by atoms with Crippen molar-refractivity contribution in [2.24, 2.45) is 11.8 Å². The monoisotopic (exact) mass is 320 g/mol. The van der Waals surface area contributed by atoms with Gasteiger partial charge in [0.25, 0.3) is 0 Å². The van der Waals surface area contributed by atoms with Gasteiger partial charge in [-0.3, -0.25) is 4.79 Å². The lowest BCUT2D eigenvalue weighted by atomic mass is 9.92. The van der Waals surface area contributed by atoms with E-state index in [2.05, 4.69) is 24.1 Å². The van der Waals surface area contributed by atoms with Crippen molar-refractivity contribution in [1.29, 1.82) is 0 Å². The van der Waals surface area contributed by atoms with Crippen LogP contribution in [0.2, 0.25) is 0 Å². The molecule has 1 aromatic rings. The molecule has 0 aromatic heterocycles. The Kier molecular flexibility index (Phi) is 6.28. The van der Waals surface area contributed by atoms with Gasteiger partial charge < -0.3 is 19.7 Å². The lowest BCUT2D eigenvalue weighted by molar-refractivity contribution is -0.116. The van der Waals surface area contributed by atoms with Crippen LogP contribution >= 0.6 is 0 Å². The quantitative estimate of drug-likeness (QED) is 0.875. The molecule has 0 aliphatic carbocycles. The maximum absolute atomic E-state index is 12.2. The van der Waals surface area contributed by atoms with Crippen LogP contribution in [0.25, 0.3) is 0 Å². The first-order valence-electron chi connectivity index (χ1n) is 8.25. The largest absolute Gasteiger partial charge is 0.497 e. The fourth-order valence-electron chi connectivity index (χ4n) is 3.34. The van der Waals surface area contributed by atoms with Crippen molar-refractivity contribution < 1.29 is 14.3 Å². The number of carbonyl (C=O) groups excluding carboxylic acids is 1. The molecule has 1 N–H and O–H groups in total. The number of benzene rings is 1. The number of methoxy groups -OCH3 is 2. The number of carbonyl (C=O) groups is 1. The Morgan fingerprint density at radius 3 is 2.22 bits per heavy atom. The van der Waals surface area contributed by atoms with E-state index >= 15 is 0 Å². The minimum atomic E-state index is 0.0196. The third-order valence-electron chi connectivity index (χ3n) is 4.23. The highest BCUT2D eigenvalue weighted by Gasteiger charge is 2.21. The Hall–Kier alpha value is -1.75. The summed E-state index contributed by atoms with van der Waals surface area (Å²) in [7, 11) is 3.19. The summed E-state index contributed by atoms with van der Waals surface area (Å²) in [6.07, 6.45) is 1.78. The lowest BCUT2D eigenvalue weighted by Gasteiger charge is -2.34. The third kappa shape index (κ3) is 5.43. The second-order valence-electron chi connectivity index (χ2n) is 6.61. The molecule has 0 spiro atoms. The van der Waals surface area contributed by atoms with E-state index in [1.54, 1.807) is 32.4 Å². The van der Waals surface area contributed by atoms with Gasteiger partial charge in [-0.05, 0) is 18.3 Å². The molecule has 23 heavy (non-hydrogen) atoms. The smallest absolute Gasteiger partial charge is 0.225 e. The summed E-state index contributed by atoms with van der Waals surface area (Å²) in [5.41, 5.74) is 0.701. The van der Waals surface area contributed by atoms with E-state index in [4.69, 9.17) is 9.47 Å². The van der Waals surface area contributed by atoms with E-state index in [0.29, 0.717) is 35.4 Å². The molecule has 128 valence electrons. The average molecular weight is 320 g/mol.